The van der Waals surface area contributed by atoms with E-state index in [1.165, 1.54) is 7.11 Å². The van der Waals surface area contributed by atoms with Crippen molar-refractivity contribution in [2.75, 3.05) is 14.2 Å². The number of hydrogen-bond acceptors (Lipinski definition) is 3. The van der Waals surface area contributed by atoms with Crippen molar-refractivity contribution in [2.45, 2.75) is 6.92 Å². The normalized spacial score (nSPS) is 10.3. The molecule has 2 aromatic carbocycles. The first-order chi connectivity index (χ1) is 9.99. The van der Waals surface area contributed by atoms with E-state index in [0.29, 0.717) is 27.1 Å². The molecule has 0 atom stereocenters. The van der Waals surface area contributed by atoms with Gasteiger partial charge in [-0.3, -0.25) is 4.79 Å². The third-order valence-electron chi connectivity index (χ3n) is 3.22. The fourth-order valence-corrected chi connectivity index (χ4v) is 3.01. The number of carbonyl (C=O) groups is 1. The van der Waals surface area contributed by atoms with Crippen molar-refractivity contribution in [3.05, 3.63) is 56.0 Å². The highest BCUT2D eigenvalue weighted by Crippen LogP contribution is 2.35. The second-order valence-electron chi connectivity index (χ2n) is 4.43. The molecule has 2 rings (SSSR count). The Morgan fingerprint density at radius 2 is 1.76 bits per heavy atom. The molecule has 0 aliphatic rings. The number of ketones is 1. The van der Waals surface area contributed by atoms with Crippen LogP contribution in [-0.4, -0.2) is 20.0 Å². The average molecular weight is 414 g/mol. The van der Waals surface area contributed by atoms with Crippen molar-refractivity contribution >= 4 is 37.6 Å². The lowest BCUT2D eigenvalue weighted by molar-refractivity contribution is 0.103. The number of rotatable bonds is 4. The predicted octanol–water partition coefficient (Wildman–Crippen LogP) is 4.77. The minimum atomic E-state index is -0.0971. The Kier molecular flexibility index (Phi) is 5.06. The van der Waals surface area contributed by atoms with Gasteiger partial charge in [0.05, 0.1) is 19.8 Å². The predicted molar refractivity (Wildman–Crippen MR) is 89.6 cm³/mol. The Labute approximate surface area is 140 Å². The summed E-state index contributed by atoms with van der Waals surface area (Å²) in [6.45, 7) is 1.90. The van der Waals surface area contributed by atoms with Crippen LogP contribution in [0.4, 0.5) is 0 Å². The summed E-state index contributed by atoms with van der Waals surface area (Å²) < 4.78 is 12.1. The molecule has 0 unspecified atom stereocenters. The van der Waals surface area contributed by atoms with Crippen LogP contribution < -0.4 is 9.47 Å². The number of halogens is 2. The fraction of sp³-hybridized carbons (Fsp3) is 0.188. The van der Waals surface area contributed by atoms with Crippen LogP contribution >= 0.6 is 31.9 Å². The zero-order valence-electron chi connectivity index (χ0n) is 11.9. The molecule has 3 nitrogen and oxygen atoms in total. The highest BCUT2D eigenvalue weighted by Gasteiger charge is 2.21. The van der Waals surface area contributed by atoms with Gasteiger partial charge in [-0.15, -0.1) is 0 Å². The Morgan fingerprint density at radius 3 is 2.38 bits per heavy atom. The van der Waals surface area contributed by atoms with Crippen molar-refractivity contribution < 1.29 is 14.3 Å². The number of carbonyl (C=O) groups excluding carboxylic acids is 1. The molecule has 5 heteroatoms. The van der Waals surface area contributed by atoms with Crippen LogP contribution in [0.3, 0.4) is 0 Å². The zero-order valence-corrected chi connectivity index (χ0v) is 15.0. The number of ether oxygens (including phenoxy) is 2. The molecule has 0 saturated carbocycles. The molecule has 0 aliphatic heterocycles. The average Bonchev–Trinajstić information content (AvgIpc) is 2.48. The lowest BCUT2D eigenvalue weighted by Gasteiger charge is -2.13. The molecule has 0 fully saturated rings. The zero-order chi connectivity index (χ0) is 15.6. The van der Waals surface area contributed by atoms with Crippen LogP contribution in [0.25, 0.3) is 0 Å². The van der Waals surface area contributed by atoms with E-state index in [4.69, 9.17) is 9.47 Å². The van der Waals surface area contributed by atoms with Crippen LogP contribution in [0.5, 0.6) is 11.5 Å². The number of hydrogen-bond donors (Lipinski definition) is 0. The van der Waals surface area contributed by atoms with Gasteiger partial charge in [0, 0.05) is 20.6 Å². The van der Waals surface area contributed by atoms with E-state index in [9.17, 15) is 4.79 Å². The number of benzene rings is 2. The lowest BCUT2D eigenvalue weighted by atomic mass is 9.98. The van der Waals surface area contributed by atoms with Crippen molar-refractivity contribution in [1.82, 2.24) is 0 Å². The van der Waals surface area contributed by atoms with Crippen molar-refractivity contribution in [3.8, 4) is 11.5 Å². The van der Waals surface area contributed by atoms with E-state index in [1.807, 2.05) is 19.1 Å². The largest absolute Gasteiger partial charge is 0.497 e. The van der Waals surface area contributed by atoms with Gasteiger partial charge in [0.15, 0.2) is 5.78 Å². The Morgan fingerprint density at radius 1 is 1.05 bits per heavy atom. The maximum absolute atomic E-state index is 12.8. The molecule has 0 radical (unpaired) electrons. The summed E-state index contributed by atoms with van der Waals surface area (Å²) in [5.41, 5.74) is 2.01. The van der Waals surface area contributed by atoms with Gasteiger partial charge in [0.2, 0.25) is 0 Å². The van der Waals surface area contributed by atoms with Crippen LogP contribution in [0, 0.1) is 6.92 Å². The molecule has 2 aromatic rings. The molecule has 0 spiro atoms. The molecule has 0 aliphatic carbocycles. The SMILES string of the molecule is COc1cc(Br)c(C(=O)c2cccc(Br)c2C)c(OC)c1. The summed E-state index contributed by atoms with van der Waals surface area (Å²) >= 11 is 6.88. The first kappa shape index (κ1) is 16.0. The summed E-state index contributed by atoms with van der Waals surface area (Å²) in [6, 6.07) is 9.01. The highest BCUT2D eigenvalue weighted by atomic mass is 79.9. The van der Waals surface area contributed by atoms with Crippen molar-refractivity contribution in [3.63, 3.8) is 0 Å². The standard InChI is InChI=1S/C16H14Br2O3/c1-9-11(5-4-6-12(9)17)16(19)15-13(18)7-10(20-2)8-14(15)21-3/h4-8H,1-3H3. The highest BCUT2D eigenvalue weighted by molar-refractivity contribution is 9.10. The van der Waals surface area contributed by atoms with E-state index in [1.54, 1.807) is 25.3 Å². The van der Waals surface area contributed by atoms with Gasteiger partial charge in [0.25, 0.3) is 0 Å². The van der Waals surface area contributed by atoms with E-state index < -0.39 is 0 Å². The van der Waals surface area contributed by atoms with E-state index in [0.717, 1.165) is 10.0 Å². The van der Waals surface area contributed by atoms with Gasteiger partial charge in [-0.2, -0.15) is 0 Å². The summed E-state index contributed by atoms with van der Waals surface area (Å²) in [4.78, 5) is 12.8. The summed E-state index contributed by atoms with van der Waals surface area (Å²) in [7, 11) is 3.10. The second-order valence-corrected chi connectivity index (χ2v) is 6.14. The fourth-order valence-electron chi connectivity index (χ4n) is 2.05. The first-order valence-electron chi connectivity index (χ1n) is 6.21. The van der Waals surface area contributed by atoms with Crippen LogP contribution in [0.15, 0.2) is 39.3 Å². The maximum atomic E-state index is 12.8. The molecule has 0 saturated heterocycles. The van der Waals surface area contributed by atoms with Gasteiger partial charge in [-0.05, 0) is 40.5 Å². The lowest BCUT2D eigenvalue weighted by Crippen LogP contribution is -2.07. The minimum Gasteiger partial charge on any atom is -0.497 e. The Balaban J connectivity index is 2.60. The topological polar surface area (TPSA) is 35.5 Å². The first-order valence-corrected chi connectivity index (χ1v) is 7.79. The van der Waals surface area contributed by atoms with Crippen molar-refractivity contribution in [1.29, 1.82) is 0 Å². The monoisotopic (exact) mass is 412 g/mol. The van der Waals surface area contributed by atoms with Gasteiger partial charge < -0.3 is 9.47 Å². The Bertz CT molecular complexity index is 696. The van der Waals surface area contributed by atoms with Crippen molar-refractivity contribution in [2.24, 2.45) is 0 Å². The number of methoxy groups -OCH3 is 2. The smallest absolute Gasteiger partial charge is 0.198 e. The van der Waals surface area contributed by atoms with Gasteiger partial charge in [-0.1, -0.05) is 28.1 Å². The van der Waals surface area contributed by atoms with Gasteiger partial charge in [-0.25, -0.2) is 0 Å². The third-order valence-corrected chi connectivity index (χ3v) is 4.71. The summed E-state index contributed by atoms with van der Waals surface area (Å²) in [5.74, 6) is 1.01. The van der Waals surface area contributed by atoms with Crippen LogP contribution in [0.1, 0.15) is 21.5 Å². The molecule has 110 valence electrons. The summed E-state index contributed by atoms with van der Waals surface area (Å²) in [5, 5.41) is 0. The molecular weight excluding hydrogens is 400 g/mol. The molecule has 0 N–H and O–H groups in total. The molecule has 0 aromatic heterocycles. The molecule has 0 heterocycles. The van der Waals surface area contributed by atoms with E-state index in [2.05, 4.69) is 31.9 Å². The summed E-state index contributed by atoms with van der Waals surface area (Å²) in [6.07, 6.45) is 0. The van der Waals surface area contributed by atoms with Gasteiger partial charge in [0.1, 0.15) is 11.5 Å². The molecule has 0 bridgehead atoms. The molecule has 0 amide bonds. The molecular formula is C16H14Br2O3. The minimum absolute atomic E-state index is 0.0971. The molecule has 21 heavy (non-hydrogen) atoms. The Hall–Kier alpha value is -1.33. The maximum Gasteiger partial charge on any atom is 0.198 e. The van der Waals surface area contributed by atoms with E-state index in [-0.39, 0.29) is 5.78 Å². The van der Waals surface area contributed by atoms with E-state index >= 15 is 0 Å². The van der Waals surface area contributed by atoms with Crippen LogP contribution in [-0.2, 0) is 0 Å². The van der Waals surface area contributed by atoms with Crippen LogP contribution in [0.2, 0.25) is 0 Å². The quantitative estimate of drug-likeness (QED) is 0.677. The third kappa shape index (κ3) is 3.14. The second kappa shape index (κ2) is 6.62. The van der Waals surface area contributed by atoms with Gasteiger partial charge >= 0.3 is 0 Å².